The summed E-state index contributed by atoms with van der Waals surface area (Å²) in [4.78, 5) is 13.3. The van der Waals surface area contributed by atoms with Crippen LogP contribution in [0.25, 0.3) is 0 Å². The summed E-state index contributed by atoms with van der Waals surface area (Å²) < 4.78 is 0. The van der Waals surface area contributed by atoms with Gasteiger partial charge in [0.1, 0.15) is 0 Å². The van der Waals surface area contributed by atoms with Crippen LogP contribution < -0.4 is 0 Å². The van der Waals surface area contributed by atoms with Gasteiger partial charge < -0.3 is 10.0 Å². The number of alkyl halides is 1. The van der Waals surface area contributed by atoms with Crippen LogP contribution in [0.5, 0.6) is 0 Å². The second-order valence-corrected chi connectivity index (χ2v) is 4.99. The van der Waals surface area contributed by atoms with Gasteiger partial charge in [0.05, 0.1) is 5.60 Å². The van der Waals surface area contributed by atoms with Crippen molar-refractivity contribution >= 4 is 17.5 Å². The first kappa shape index (κ1) is 12.8. The van der Waals surface area contributed by atoms with E-state index in [-0.39, 0.29) is 11.8 Å². The number of hydrogen-bond donors (Lipinski definition) is 1. The van der Waals surface area contributed by atoms with Crippen LogP contribution >= 0.6 is 11.6 Å². The van der Waals surface area contributed by atoms with Crippen LogP contribution in [-0.4, -0.2) is 41.0 Å². The summed E-state index contributed by atoms with van der Waals surface area (Å²) in [5, 5.41) is 10.1. The molecule has 0 heterocycles. The highest BCUT2D eigenvalue weighted by atomic mass is 35.5. The summed E-state index contributed by atoms with van der Waals surface area (Å²) in [7, 11) is 1.74. The van der Waals surface area contributed by atoms with Gasteiger partial charge >= 0.3 is 0 Å². The Labute approximate surface area is 96.4 Å². The third-order valence-electron chi connectivity index (χ3n) is 3.10. The minimum absolute atomic E-state index is 0.0188. The number of aliphatic hydroxyl groups is 1. The molecular formula is C11H20ClNO2. The molecule has 0 aromatic rings. The quantitative estimate of drug-likeness (QED) is 0.750. The fraction of sp³-hybridized carbons (Fsp3) is 0.909. The lowest BCUT2D eigenvalue weighted by Gasteiger charge is -2.29. The standard InChI is InChI=1S/C11H20ClNO2/c1-9(7-12)10(14)13(2)8-11(15)5-3-4-6-11/h9,15H,3-8H2,1-2H3. The average molecular weight is 234 g/mol. The lowest BCUT2D eigenvalue weighted by atomic mass is 10.0. The number of halogens is 1. The monoisotopic (exact) mass is 233 g/mol. The van der Waals surface area contributed by atoms with Gasteiger partial charge in [0, 0.05) is 25.4 Å². The van der Waals surface area contributed by atoms with Crippen LogP contribution in [0.2, 0.25) is 0 Å². The molecule has 0 aromatic heterocycles. The van der Waals surface area contributed by atoms with E-state index in [1.54, 1.807) is 11.9 Å². The van der Waals surface area contributed by atoms with Gasteiger partial charge in [-0.2, -0.15) is 0 Å². The van der Waals surface area contributed by atoms with E-state index in [0.717, 1.165) is 25.7 Å². The zero-order chi connectivity index (χ0) is 11.5. The normalized spacial score (nSPS) is 21.3. The average Bonchev–Trinajstić information content (AvgIpc) is 2.62. The first-order chi connectivity index (χ1) is 6.98. The molecule has 0 bridgehead atoms. The zero-order valence-electron chi connectivity index (χ0n) is 9.50. The van der Waals surface area contributed by atoms with Crippen molar-refractivity contribution in [3.05, 3.63) is 0 Å². The maximum atomic E-state index is 11.7. The SMILES string of the molecule is CC(CCl)C(=O)N(C)CC1(O)CCCC1. The Morgan fingerprint density at radius 3 is 2.53 bits per heavy atom. The molecule has 1 saturated carbocycles. The lowest BCUT2D eigenvalue weighted by molar-refractivity contribution is -0.136. The zero-order valence-corrected chi connectivity index (χ0v) is 10.3. The van der Waals surface area contributed by atoms with Gasteiger partial charge in [-0.1, -0.05) is 19.8 Å². The predicted octanol–water partition coefficient (Wildman–Crippen LogP) is 1.62. The smallest absolute Gasteiger partial charge is 0.226 e. The van der Waals surface area contributed by atoms with Crippen molar-refractivity contribution in [3.8, 4) is 0 Å². The second-order valence-electron chi connectivity index (χ2n) is 4.68. The molecule has 1 aliphatic rings. The molecule has 1 atom stereocenters. The van der Waals surface area contributed by atoms with Gasteiger partial charge in [0.25, 0.3) is 0 Å². The fourth-order valence-electron chi connectivity index (χ4n) is 2.15. The Balaban J connectivity index is 2.47. The number of likely N-dealkylation sites (N-methyl/N-ethyl adjacent to an activating group) is 1. The summed E-state index contributed by atoms with van der Waals surface area (Å²) in [6.45, 7) is 2.25. The molecule has 3 nitrogen and oxygen atoms in total. The maximum absolute atomic E-state index is 11.7. The molecule has 1 unspecified atom stereocenters. The van der Waals surface area contributed by atoms with Crippen LogP contribution in [-0.2, 0) is 4.79 Å². The highest BCUT2D eigenvalue weighted by Gasteiger charge is 2.33. The number of rotatable bonds is 4. The van der Waals surface area contributed by atoms with Gasteiger partial charge in [-0.05, 0) is 12.8 Å². The molecule has 0 radical (unpaired) electrons. The van der Waals surface area contributed by atoms with Crippen molar-refractivity contribution in [2.75, 3.05) is 19.5 Å². The molecule has 1 rings (SSSR count). The van der Waals surface area contributed by atoms with E-state index >= 15 is 0 Å². The summed E-state index contributed by atoms with van der Waals surface area (Å²) >= 11 is 5.63. The molecule has 1 N–H and O–H groups in total. The van der Waals surface area contributed by atoms with Crippen molar-refractivity contribution in [2.24, 2.45) is 5.92 Å². The third-order valence-corrected chi connectivity index (χ3v) is 3.56. The second kappa shape index (κ2) is 5.17. The Hall–Kier alpha value is -0.280. The molecule has 1 fully saturated rings. The predicted molar refractivity (Wildman–Crippen MR) is 60.9 cm³/mol. The van der Waals surface area contributed by atoms with E-state index < -0.39 is 5.60 Å². The molecule has 1 aliphatic carbocycles. The van der Waals surface area contributed by atoms with Crippen molar-refractivity contribution in [3.63, 3.8) is 0 Å². The number of carbonyl (C=O) groups is 1. The minimum atomic E-state index is -0.656. The van der Waals surface area contributed by atoms with Crippen LogP contribution in [0.15, 0.2) is 0 Å². The highest BCUT2D eigenvalue weighted by Crippen LogP contribution is 2.30. The van der Waals surface area contributed by atoms with Crippen LogP contribution in [0.3, 0.4) is 0 Å². The molecule has 88 valence electrons. The van der Waals surface area contributed by atoms with E-state index in [0.29, 0.717) is 12.4 Å². The number of hydrogen-bond acceptors (Lipinski definition) is 2. The first-order valence-electron chi connectivity index (χ1n) is 5.52. The summed E-state index contributed by atoms with van der Waals surface area (Å²) in [5.41, 5.74) is -0.656. The maximum Gasteiger partial charge on any atom is 0.226 e. The van der Waals surface area contributed by atoms with Crippen molar-refractivity contribution in [1.29, 1.82) is 0 Å². The van der Waals surface area contributed by atoms with E-state index in [1.807, 2.05) is 6.92 Å². The number of carbonyl (C=O) groups excluding carboxylic acids is 1. The van der Waals surface area contributed by atoms with Crippen LogP contribution in [0, 0.1) is 5.92 Å². The van der Waals surface area contributed by atoms with Gasteiger partial charge in [-0.25, -0.2) is 0 Å². The third kappa shape index (κ3) is 3.35. The molecule has 4 heteroatoms. The van der Waals surface area contributed by atoms with Crippen LogP contribution in [0.4, 0.5) is 0 Å². The first-order valence-corrected chi connectivity index (χ1v) is 6.05. The molecule has 0 aromatic carbocycles. The Kier molecular flexibility index (Phi) is 4.41. The van der Waals surface area contributed by atoms with Crippen LogP contribution in [0.1, 0.15) is 32.6 Å². The lowest BCUT2D eigenvalue weighted by Crippen LogP contribution is -2.44. The minimum Gasteiger partial charge on any atom is -0.388 e. The summed E-state index contributed by atoms with van der Waals surface area (Å²) in [6, 6.07) is 0. The van der Waals surface area contributed by atoms with E-state index in [9.17, 15) is 9.90 Å². The Bertz CT molecular complexity index is 227. The van der Waals surface area contributed by atoms with Gasteiger partial charge in [-0.15, -0.1) is 11.6 Å². The largest absolute Gasteiger partial charge is 0.388 e. The molecule has 0 aliphatic heterocycles. The Morgan fingerprint density at radius 1 is 1.53 bits per heavy atom. The summed E-state index contributed by atoms with van der Waals surface area (Å²) in [5.74, 6) is 0.189. The Morgan fingerprint density at radius 2 is 2.07 bits per heavy atom. The van der Waals surface area contributed by atoms with Gasteiger partial charge in [0.15, 0.2) is 0 Å². The van der Waals surface area contributed by atoms with Crippen molar-refractivity contribution in [2.45, 2.75) is 38.2 Å². The van der Waals surface area contributed by atoms with Crippen molar-refractivity contribution < 1.29 is 9.90 Å². The topological polar surface area (TPSA) is 40.5 Å². The van der Waals surface area contributed by atoms with E-state index in [4.69, 9.17) is 11.6 Å². The van der Waals surface area contributed by atoms with E-state index in [1.165, 1.54) is 0 Å². The summed E-state index contributed by atoms with van der Waals surface area (Å²) in [6.07, 6.45) is 3.73. The number of amides is 1. The molecule has 1 amide bonds. The van der Waals surface area contributed by atoms with Gasteiger partial charge in [0.2, 0.25) is 5.91 Å². The molecule has 0 saturated heterocycles. The van der Waals surface area contributed by atoms with Crippen molar-refractivity contribution in [1.82, 2.24) is 4.90 Å². The van der Waals surface area contributed by atoms with E-state index in [2.05, 4.69) is 0 Å². The highest BCUT2D eigenvalue weighted by molar-refractivity contribution is 6.19. The van der Waals surface area contributed by atoms with Gasteiger partial charge in [-0.3, -0.25) is 4.79 Å². The molecule has 15 heavy (non-hydrogen) atoms. The number of nitrogens with zero attached hydrogens (tertiary/aromatic N) is 1. The molecule has 0 spiro atoms. The molecular weight excluding hydrogens is 214 g/mol. The fourth-order valence-corrected chi connectivity index (χ4v) is 2.28.